The van der Waals surface area contributed by atoms with Crippen molar-refractivity contribution in [2.45, 2.75) is 70.4 Å². The first-order valence-electron chi connectivity index (χ1n) is 12.5. The molecule has 37 heavy (non-hydrogen) atoms. The van der Waals surface area contributed by atoms with E-state index in [9.17, 15) is 13.2 Å². The number of nitrogens with zero attached hydrogens (tertiary/aromatic N) is 2. The van der Waals surface area contributed by atoms with Crippen molar-refractivity contribution in [1.29, 1.82) is 0 Å². The zero-order valence-corrected chi connectivity index (χ0v) is 22.6. The van der Waals surface area contributed by atoms with E-state index in [-0.39, 0.29) is 0 Å². The van der Waals surface area contributed by atoms with Gasteiger partial charge in [0.05, 0.1) is 12.0 Å². The molecule has 0 atom stereocenters. The van der Waals surface area contributed by atoms with Gasteiger partial charge in [-0.15, -0.1) is 11.8 Å². The highest BCUT2D eigenvalue weighted by atomic mass is 32.2. The van der Waals surface area contributed by atoms with Gasteiger partial charge in [0, 0.05) is 18.3 Å². The molecule has 2 heterocycles. The average molecular weight is 540 g/mol. The molecule has 0 saturated carbocycles. The number of aromatic nitrogens is 2. The number of fused-ring (bicyclic) bond motifs is 1. The number of anilines is 1. The Hall–Kier alpha value is -2.88. The van der Waals surface area contributed by atoms with Crippen LogP contribution < -0.4 is 10.1 Å². The molecule has 1 aromatic carbocycles. The van der Waals surface area contributed by atoms with E-state index in [1.165, 1.54) is 42.6 Å². The third-order valence-corrected chi connectivity index (χ3v) is 6.66. The van der Waals surface area contributed by atoms with Crippen LogP contribution in [0.25, 0.3) is 16.9 Å². The van der Waals surface area contributed by atoms with Crippen LogP contribution in [0.2, 0.25) is 0 Å². The molecule has 10 heteroatoms. The molecule has 0 aliphatic heterocycles. The summed E-state index contributed by atoms with van der Waals surface area (Å²) in [5, 5.41) is 10.8. The third kappa shape index (κ3) is 9.18. The van der Waals surface area contributed by atoms with Crippen LogP contribution in [-0.4, -0.2) is 46.0 Å². The van der Waals surface area contributed by atoms with Gasteiger partial charge in [0.25, 0.3) is 0 Å². The van der Waals surface area contributed by atoms with Crippen LogP contribution in [0.15, 0.2) is 41.4 Å². The van der Waals surface area contributed by atoms with Crippen molar-refractivity contribution in [1.82, 2.24) is 9.38 Å². The quantitative estimate of drug-likeness (QED) is 0.180. The largest absolute Gasteiger partial charge is 0.496 e. The van der Waals surface area contributed by atoms with Crippen LogP contribution in [0.1, 0.15) is 57.9 Å². The molecule has 3 rings (SSSR count). The van der Waals surface area contributed by atoms with Crippen LogP contribution in [0.3, 0.4) is 0 Å². The number of nitrogens with one attached hydrogen (secondary N) is 1. The molecular formula is C27H36F3N3O3S. The number of thioether (sulfide) groups is 1. The Labute approximate surface area is 220 Å². The highest BCUT2D eigenvalue weighted by molar-refractivity contribution is 7.99. The topological polar surface area (TPSA) is 75.9 Å². The Balaban J connectivity index is 0.000000604. The van der Waals surface area contributed by atoms with Gasteiger partial charge in [-0.1, -0.05) is 39.5 Å². The summed E-state index contributed by atoms with van der Waals surface area (Å²) in [5.41, 5.74) is 4.34. The number of hydrogen-bond acceptors (Lipinski definition) is 5. The van der Waals surface area contributed by atoms with Crippen LogP contribution in [0.4, 0.5) is 19.0 Å². The lowest BCUT2D eigenvalue weighted by Gasteiger charge is -2.12. The normalized spacial score (nSPS) is 11.2. The van der Waals surface area contributed by atoms with E-state index in [0.29, 0.717) is 0 Å². The van der Waals surface area contributed by atoms with Crippen molar-refractivity contribution in [3.8, 4) is 17.0 Å². The number of unbranched alkanes of at least 4 members (excludes halogenated alkanes) is 4. The van der Waals surface area contributed by atoms with Gasteiger partial charge in [-0.2, -0.15) is 13.2 Å². The maximum Gasteiger partial charge on any atom is 0.490 e. The molecule has 0 spiro atoms. The van der Waals surface area contributed by atoms with Crippen molar-refractivity contribution in [3.05, 3.63) is 42.1 Å². The third-order valence-electron chi connectivity index (χ3n) is 5.54. The van der Waals surface area contributed by atoms with Gasteiger partial charge in [-0.05, 0) is 61.4 Å². The Bertz CT molecular complexity index is 1150. The maximum absolute atomic E-state index is 10.6. The predicted octanol–water partition coefficient (Wildman–Crippen LogP) is 7.84. The number of benzene rings is 1. The molecule has 0 unspecified atom stereocenters. The number of pyridine rings is 1. The summed E-state index contributed by atoms with van der Waals surface area (Å²) in [6.45, 7) is 7.52. The fourth-order valence-corrected chi connectivity index (χ4v) is 4.62. The summed E-state index contributed by atoms with van der Waals surface area (Å²) in [6.07, 6.45) is 4.45. The Morgan fingerprint density at radius 1 is 1.11 bits per heavy atom. The number of carboxylic acids is 1. The summed E-state index contributed by atoms with van der Waals surface area (Å²) in [4.78, 5) is 15.1. The first kappa shape index (κ1) is 30.3. The van der Waals surface area contributed by atoms with E-state index in [4.69, 9.17) is 19.6 Å². The molecule has 6 nitrogen and oxygen atoms in total. The van der Waals surface area contributed by atoms with Crippen LogP contribution in [-0.2, 0) is 4.79 Å². The highest BCUT2D eigenvalue weighted by Crippen LogP contribution is 2.37. The molecule has 204 valence electrons. The van der Waals surface area contributed by atoms with Gasteiger partial charge in [-0.3, -0.25) is 4.40 Å². The fraction of sp³-hybridized carbons (Fsp3) is 0.481. The summed E-state index contributed by atoms with van der Waals surface area (Å²) in [7, 11) is 1.75. The minimum atomic E-state index is -5.08. The molecule has 0 saturated heterocycles. The number of carbonyl (C=O) groups is 1. The number of carboxylic acid groups (broad SMARTS) is 1. The molecule has 0 amide bonds. The number of rotatable bonds is 12. The van der Waals surface area contributed by atoms with Gasteiger partial charge < -0.3 is 15.2 Å². The predicted molar refractivity (Wildman–Crippen MR) is 144 cm³/mol. The molecular weight excluding hydrogens is 503 g/mol. The smallest absolute Gasteiger partial charge is 0.490 e. The Morgan fingerprint density at radius 2 is 1.81 bits per heavy atom. The van der Waals surface area contributed by atoms with Crippen LogP contribution in [0.5, 0.6) is 5.75 Å². The van der Waals surface area contributed by atoms with E-state index >= 15 is 0 Å². The van der Waals surface area contributed by atoms with E-state index in [1.54, 1.807) is 7.11 Å². The van der Waals surface area contributed by atoms with E-state index < -0.39 is 12.1 Å². The standard InChI is InChI=1S/C25H35N3OS.C2HF3O2/c1-5-7-9-10-16-30-22-18-20(11-12-21(22)29-4)24-25(26-14-8-6-2)28-15-13-19(3)17-23(28)27-24;3-2(4,5)1(6)7/h11-13,15,17-18,26H,5-10,14,16H2,1-4H3;(H,6,7). The monoisotopic (exact) mass is 539 g/mol. The summed E-state index contributed by atoms with van der Waals surface area (Å²) < 4.78 is 39.5. The van der Waals surface area contributed by atoms with Gasteiger partial charge in [0.2, 0.25) is 0 Å². The minimum Gasteiger partial charge on any atom is -0.496 e. The molecule has 0 fully saturated rings. The van der Waals surface area contributed by atoms with Gasteiger partial charge >= 0.3 is 12.1 Å². The molecule has 3 aromatic rings. The second-order valence-electron chi connectivity index (χ2n) is 8.60. The second-order valence-corrected chi connectivity index (χ2v) is 9.74. The average Bonchev–Trinajstić information content (AvgIpc) is 3.21. The Kier molecular flexibility index (Phi) is 12.1. The summed E-state index contributed by atoms with van der Waals surface area (Å²) in [5.74, 6) is 0.376. The minimum absolute atomic E-state index is 0.944. The van der Waals surface area contributed by atoms with Crippen molar-refractivity contribution in [2.24, 2.45) is 0 Å². The first-order chi connectivity index (χ1) is 17.6. The lowest BCUT2D eigenvalue weighted by Crippen LogP contribution is -2.21. The summed E-state index contributed by atoms with van der Waals surface area (Å²) >= 11 is 1.89. The fourth-order valence-electron chi connectivity index (χ4n) is 3.55. The van der Waals surface area contributed by atoms with Gasteiger partial charge in [-0.25, -0.2) is 9.78 Å². The number of alkyl halides is 3. The molecule has 0 radical (unpaired) electrons. The van der Waals surface area contributed by atoms with E-state index in [1.807, 2.05) is 11.8 Å². The van der Waals surface area contributed by atoms with Gasteiger partial charge in [0.15, 0.2) is 0 Å². The summed E-state index contributed by atoms with van der Waals surface area (Å²) in [6, 6.07) is 10.7. The first-order valence-corrected chi connectivity index (χ1v) is 13.4. The lowest BCUT2D eigenvalue weighted by atomic mass is 10.1. The zero-order chi connectivity index (χ0) is 27.4. The number of methoxy groups -OCH3 is 1. The number of aryl methyl sites for hydroxylation is 1. The van der Waals surface area contributed by atoms with Crippen LogP contribution >= 0.6 is 11.8 Å². The molecule has 2 aromatic heterocycles. The highest BCUT2D eigenvalue weighted by Gasteiger charge is 2.38. The lowest BCUT2D eigenvalue weighted by molar-refractivity contribution is -0.192. The number of halogens is 3. The molecule has 0 bridgehead atoms. The van der Waals surface area contributed by atoms with Crippen LogP contribution in [0, 0.1) is 6.92 Å². The number of hydrogen-bond donors (Lipinski definition) is 2. The number of ether oxygens (including phenoxy) is 1. The maximum atomic E-state index is 10.6. The zero-order valence-electron chi connectivity index (χ0n) is 21.8. The van der Waals surface area contributed by atoms with E-state index in [2.05, 4.69) is 67.0 Å². The van der Waals surface area contributed by atoms with Crippen molar-refractivity contribution < 1.29 is 27.8 Å². The van der Waals surface area contributed by atoms with Crippen molar-refractivity contribution in [3.63, 3.8) is 0 Å². The Morgan fingerprint density at radius 3 is 2.43 bits per heavy atom. The van der Waals surface area contributed by atoms with Gasteiger partial charge in [0.1, 0.15) is 22.9 Å². The second kappa shape index (κ2) is 14.8. The molecule has 0 aliphatic rings. The van der Waals surface area contributed by atoms with E-state index in [0.717, 1.165) is 47.2 Å². The number of aliphatic carboxylic acids is 1. The van der Waals surface area contributed by atoms with Crippen molar-refractivity contribution >= 4 is 29.2 Å². The molecule has 0 aliphatic carbocycles. The number of imidazole rings is 1. The SMILES string of the molecule is CCCCCCSc1cc(-c2nc3cc(C)ccn3c2NCCCC)ccc1OC.O=C(O)C(F)(F)F. The van der Waals surface area contributed by atoms with Crippen molar-refractivity contribution in [2.75, 3.05) is 24.7 Å². The molecule has 2 N–H and O–H groups in total.